The second-order valence-electron chi connectivity index (χ2n) is 6.90. The molecule has 0 radical (unpaired) electrons. The average Bonchev–Trinajstić information content (AvgIpc) is 3.08. The fourth-order valence-electron chi connectivity index (χ4n) is 4.12. The maximum absolute atomic E-state index is 13.0. The van der Waals surface area contributed by atoms with Gasteiger partial charge in [-0.05, 0) is 58.4 Å². The van der Waals surface area contributed by atoms with Gasteiger partial charge in [-0.15, -0.1) is 11.3 Å². The van der Waals surface area contributed by atoms with E-state index in [1.54, 1.807) is 11.3 Å². The summed E-state index contributed by atoms with van der Waals surface area (Å²) in [6.07, 6.45) is 3.97. The number of esters is 1. The number of carbonyl (C=O) groups is 1. The Labute approximate surface area is 138 Å². The van der Waals surface area contributed by atoms with Crippen molar-refractivity contribution in [2.24, 2.45) is 5.41 Å². The molecule has 1 fully saturated rings. The first-order valence-corrected chi connectivity index (χ1v) is 9.38. The number of hydrogen-bond donors (Lipinski definition) is 0. The molecule has 124 valence electrons. The van der Waals surface area contributed by atoms with E-state index >= 15 is 0 Å². The Morgan fingerprint density at radius 1 is 1.41 bits per heavy atom. The Kier molecular flexibility index (Phi) is 5.67. The third kappa shape index (κ3) is 3.23. The van der Waals surface area contributed by atoms with Gasteiger partial charge in [-0.1, -0.05) is 13.3 Å². The largest absolute Gasteiger partial charge is 0.425 e. The quantitative estimate of drug-likeness (QED) is 0.709. The lowest BCUT2D eigenvalue weighted by Crippen LogP contribution is -2.54. The Morgan fingerprint density at radius 3 is 2.59 bits per heavy atom. The normalized spacial score (nSPS) is 25.4. The summed E-state index contributed by atoms with van der Waals surface area (Å²) in [5.41, 5.74) is -0.365. The monoisotopic (exact) mass is 323 g/mol. The Hall–Kier alpha value is -0.870. The van der Waals surface area contributed by atoms with E-state index in [4.69, 9.17) is 4.74 Å². The van der Waals surface area contributed by atoms with Crippen LogP contribution in [0.4, 0.5) is 0 Å². The molecule has 2 atom stereocenters. The van der Waals surface area contributed by atoms with Gasteiger partial charge >= 0.3 is 5.97 Å². The van der Waals surface area contributed by atoms with Crippen LogP contribution in [0, 0.1) is 5.41 Å². The molecule has 1 saturated carbocycles. The van der Waals surface area contributed by atoms with Gasteiger partial charge in [0.05, 0.1) is 5.41 Å². The molecule has 2 unspecified atom stereocenters. The number of hydrogen-bond acceptors (Lipinski definition) is 4. The van der Waals surface area contributed by atoms with E-state index in [1.807, 2.05) is 16.8 Å². The van der Waals surface area contributed by atoms with E-state index in [1.165, 1.54) is 0 Å². The van der Waals surface area contributed by atoms with Crippen LogP contribution >= 0.6 is 11.3 Å². The van der Waals surface area contributed by atoms with Crippen LogP contribution in [0.25, 0.3) is 0 Å². The summed E-state index contributed by atoms with van der Waals surface area (Å²) in [5.74, 6) is 0.649. The van der Waals surface area contributed by atoms with Gasteiger partial charge in [-0.25, -0.2) is 0 Å². The molecule has 0 saturated heterocycles. The number of thiophene rings is 1. The Bertz CT molecular complexity index is 475. The molecule has 0 bridgehead atoms. The van der Waals surface area contributed by atoms with Crippen molar-refractivity contribution in [1.82, 2.24) is 4.90 Å². The van der Waals surface area contributed by atoms with Crippen LogP contribution in [0.1, 0.15) is 60.3 Å². The van der Waals surface area contributed by atoms with Crippen LogP contribution in [0.15, 0.2) is 16.8 Å². The highest BCUT2D eigenvalue weighted by Gasteiger charge is 2.52. The fraction of sp³-hybridized carbons (Fsp3) is 0.722. The van der Waals surface area contributed by atoms with Gasteiger partial charge < -0.3 is 4.74 Å². The molecular weight excluding hydrogens is 294 g/mol. The summed E-state index contributed by atoms with van der Waals surface area (Å²) in [7, 11) is 0. The number of carbonyl (C=O) groups excluding carboxylic acids is 1. The lowest BCUT2D eigenvalue weighted by Gasteiger charge is -2.44. The molecule has 1 heterocycles. The first kappa shape index (κ1) is 17.5. The fourth-order valence-corrected chi connectivity index (χ4v) is 4.67. The van der Waals surface area contributed by atoms with E-state index in [0.29, 0.717) is 17.8 Å². The number of nitrogens with zero attached hydrogens (tertiary/aromatic N) is 1. The van der Waals surface area contributed by atoms with Crippen LogP contribution in [-0.4, -0.2) is 29.0 Å². The molecular formula is C18H29NO2S. The first-order valence-electron chi connectivity index (χ1n) is 8.44. The van der Waals surface area contributed by atoms with E-state index in [-0.39, 0.29) is 17.4 Å². The highest BCUT2D eigenvalue weighted by molar-refractivity contribution is 7.08. The van der Waals surface area contributed by atoms with E-state index in [2.05, 4.69) is 39.5 Å². The molecule has 0 amide bonds. The Morgan fingerprint density at radius 2 is 2.09 bits per heavy atom. The van der Waals surface area contributed by atoms with Crippen molar-refractivity contribution in [3.63, 3.8) is 0 Å². The number of rotatable bonds is 6. The van der Waals surface area contributed by atoms with Crippen molar-refractivity contribution >= 4 is 17.3 Å². The summed E-state index contributed by atoms with van der Waals surface area (Å²) in [6.45, 7) is 11.0. The van der Waals surface area contributed by atoms with Crippen molar-refractivity contribution < 1.29 is 9.53 Å². The molecule has 0 aromatic carbocycles. The smallest absolute Gasteiger partial charge is 0.319 e. The highest BCUT2D eigenvalue weighted by atomic mass is 32.1. The van der Waals surface area contributed by atoms with Gasteiger partial charge in [-0.3, -0.25) is 9.69 Å². The van der Waals surface area contributed by atoms with Gasteiger partial charge in [0.25, 0.3) is 0 Å². The minimum atomic E-state index is -0.365. The van der Waals surface area contributed by atoms with Gasteiger partial charge in [0.1, 0.15) is 5.75 Å². The van der Waals surface area contributed by atoms with Crippen LogP contribution in [-0.2, 0) is 4.79 Å². The third-order valence-electron chi connectivity index (χ3n) is 5.03. The topological polar surface area (TPSA) is 29.5 Å². The molecule has 1 aliphatic carbocycles. The summed E-state index contributed by atoms with van der Waals surface area (Å²) >= 11 is 1.56. The Balaban J connectivity index is 2.27. The van der Waals surface area contributed by atoms with Crippen molar-refractivity contribution in [3.05, 3.63) is 16.8 Å². The zero-order valence-electron chi connectivity index (χ0n) is 14.5. The van der Waals surface area contributed by atoms with E-state index in [0.717, 1.165) is 25.7 Å². The predicted octanol–water partition coefficient (Wildman–Crippen LogP) is 4.72. The summed E-state index contributed by atoms with van der Waals surface area (Å²) in [4.78, 5) is 15.5. The van der Waals surface area contributed by atoms with Crippen molar-refractivity contribution in [2.75, 3.05) is 0 Å². The number of ether oxygens (including phenoxy) is 1. The van der Waals surface area contributed by atoms with E-state index < -0.39 is 0 Å². The lowest BCUT2D eigenvalue weighted by atomic mass is 9.78. The second kappa shape index (κ2) is 7.14. The van der Waals surface area contributed by atoms with E-state index in [9.17, 15) is 4.79 Å². The highest BCUT2D eigenvalue weighted by Crippen LogP contribution is 2.46. The van der Waals surface area contributed by atoms with Gasteiger partial charge in [0.2, 0.25) is 0 Å². The SMILES string of the molecule is CCC1(C(=O)Oc2ccsc2)CCCC1N(C(C)C)C(C)C. The first-order chi connectivity index (χ1) is 10.4. The molecule has 1 aromatic rings. The predicted molar refractivity (Wildman–Crippen MR) is 92.4 cm³/mol. The van der Waals surface area contributed by atoms with Gasteiger partial charge in [-0.2, -0.15) is 0 Å². The minimum absolute atomic E-state index is 0.0396. The van der Waals surface area contributed by atoms with Crippen molar-refractivity contribution in [2.45, 2.75) is 78.4 Å². The van der Waals surface area contributed by atoms with Gasteiger partial charge in [0.15, 0.2) is 0 Å². The van der Waals surface area contributed by atoms with Gasteiger partial charge in [0, 0.05) is 23.5 Å². The van der Waals surface area contributed by atoms with Crippen LogP contribution in [0.3, 0.4) is 0 Å². The second-order valence-corrected chi connectivity index (χ2v) is 7.68. The standard InChI is InChI=1S/C18H29NO2S/c1-6-18(17(20)21-15-9-11-22-12-15)10-7-8-16(18)19(13(2)3)14(4)5/h9,11-14,16H,6-8,10H2,1-5H3. The molecule has 1 aromatic heterocycles. The lowest BCUT2D eigenvalue weighted by molar-refractivity contribution is -0.150. The molecule has 0 N–H and O–H groups in total. The van der Waals surface area contributed by atoms with Crippen LogP contribution < -0.4 is 4.74 Å². The molecule has 0 aliphatic heterocycles. The molecule has 2 rings (SSSR count). The zero-order chi connectivity index (χ0) is 16.3. The third-order valence-corrected chi connectivity index (χ3v) is 5.70. The van der Waals surface area contributed by atoms with Crippen LogP contribution in [0.5, 0.6) is 5.75 Å². The summed E-state index contributed by atoms with van der Waals surface area (Å²) in [5, 5.41) is 3.84. The molecule has 0 spiro atoms. The van der Waals surface area contributed by atoms with Crippen LogP contribution in [0.2, 0.25) is 0 Å². The molecule has 1 aliphatic rings. The summed E-state index contributed by atoms with van der Waals surface area (Å²) < 4.78 is 5.72. The molecule has 22 heavy (non-hydrogen) atoms. The summed E-state index contributed by atoms with van der Waals surface area (Å²) in [6, 6.07) is 3.02. The zero-order valence-corrected chi connectivity index (χ0v) is 15.3. The van der Waals surface area contributed by atoms with Crippen molar-refractivity contribution in [3.8, 4) is 5.75 Å². The van der Waals surface area contributed by atoms with Crippen molar-refractivity contribution in [1.29, 1.82) is 0 Å². The molecule has 3 nitrogen and oxygen atoms in total. The average molecular weight is 324 g/mol. The maximum atomic E-state index is 13.0. The minimum Gasteiger partial charge on any atom is -0.425 e. The molecule has 4 heteroatoms. The maximum Gasteiger partial charge on any atom is 0.319 e.